The molecule has 4 nitrogen and oxygen atoms in total. The van der Waals surface area contributed by atoms with Crippen LogP contribution in [0.2, 0.25) is 0 Å². The Labute approximate surface area is 52.2 Å². The molecular weight excluding hydrogens is 118 g/mol. The van der Waals surface area contributed by atoms with Crippen molar-refractivity contribution in [2.24, 2.45) is 0 Å². The fourth-order valence-electron chi connectivity index (χ4n) is 0.934. The Hall–Kier alpha value is -1.19. The number of rotatable bonds is 0. The maximum Gasteiger partial charge on any atom is 0.235 e. The van der Waals surface area contributed by atoms with Crippen LogP contribution in [0.4, 0.5) is 5.69 Å². The number of fused-ring (bicyclic) bond motifs is 1. The molecule has 0 amide bonds. The standard InChI is InChI=1S/C5H7N3O/c6-4-3-7-8-1-2-9-5(4)8/h3H,1-2,6H2. The van der Waals surface area contributed by atoms with E-state index in [1.807, 2.05) is 0 Å². The molecule has 0 saturated heterocycles. The number of anilines is 1. The molecule has 2 rings (SSSR count). The van der Waals surface area contributed by atoms with Gasteiger partial charge in [-0.2, -0.15) is 5.10 Å². The highest BCUT2D eigenvalue weighted by Crippen LogP contribution is 2.23. The summed E-state index contributed by atoms with van der Waals surface area (Å²) in [5.74, 6) is 0.718. The van der Waals surface area contributed by atoms with Gasteiger partial charge in [-0.15, -0.1) is 0 Å². The predicted octanol–water partition coefficient (Wildman–Crippen LogP) is -0.142. The van der Waals surface area contributed by atoms with Crippen LogP contribution >= 0.6 is 0 Å². The Morgan fingerprint density at radius 2 is 2.67 bits per heavy atom. The maximum atomic E-state index is 5.48. The van der Waals surface area contributed by atoms with Crippen molar-refractivity contribution < 1.29 is 4.74 Å². The first kappa shape index (κ1) is 4.67. The minimum atomic E-state index is 0.632. The van der Waals surface area contributed by atoms with Crippen LogP contribution in [0.3, 0.4) is 0 Å². The van der Waals surface area contributed by atoms with Gasteiger partial charge < -0.3 is 10.5 Å². The molecule has 0 unspecified atom stereocenters. The van der Waals surface area contributed by atoms with Gasteiger partial charge in [0.2, 0.25) is 5.88 Å². The summed E-state index contributed by atoms with van der Waals surface area (Å²) >= 11 is 0. The van der Waals surface area contributed by atoms with E-state index in [1.54, 1.807) is 10.9 Å². The molecule has 1 aromatic rings. The van der Waals surface area contributed by atoms with Crippen molar-refractivity contribution in [1.29, 1.82) is 0 Å². The lowest BCUT2D eigenvalue weighted by molar-refractivity contribution is 0.358. The summed E-state index contributed by atoms with van der Waals surface area (Å²) < 4.78 is 6.90. The van der Waals surface area contributed by atoms with E-state index in [0.717, 1.165) is 12.4 Å². The van der Waals surface area contributed by atoms with Gasteiger partial charge in [0.15, 0.2) is 0 Å². The van der Waals surface area contributed by atoms with Crippen LogP contribution in [0.5, 0.6) is 5.88 Å². The molecule has 0 saturated carbocycles. The van der Waals surface area contributed by atoms with Crippen LogP contribution in [0.1, 0.15) is 0 Å². The lowest BCUT2D eigenvalue weighted by Gasteiger charge is -1.90. The van der Waals surface area contributed by atoms with Gasteiger partial charge in [0.25, 0.3) is 0 Å². The molecular formula is C5H7N3O. The third-order valence-corrected chi connectivity index (χ3v) is 1.36. The first-order chi connectivity index (χ1) is 4.38. The van der Waals surface area contributed by atoms with Gasteiger partial charge in [0, 0.05) is 0 Å². The van der Waals surface area contributed by atoms with Crippen molar-refractivity contribution in [1.82, 2.24) is 9.78 Å². The van der Waals surface area contributed by atoms with Gasteiger partial charge in [-0.3, -0.25) is 0 Å². The molecule has 1 aromatic heterocycles. The molecule has 0 spiro atoms. The number of hydrogen-bond donors (Lipinski definition) is 1. The second kappa shape index (κ2) is 1.40. The third kappa shape index (κ3) is 0.497. The van der Waals surface area contributed by atoms with E-state index in [2.05, 4.69) is 5.10 Å². The normalized spacial score (nSPS) is 15.1. The first-order valence-corrected chi connectivity index (χ1v) is 2.82. The zero-order valence-electron chi connectivity index (χ0n) is 4.87. The monoisotopic (exact) mass is 125 g/mol. The van der Waals surface area contributed by atoms with E-state index in [4.69, 9.17) is 10.5 Å². The molecule has 1 aliphatic rings. The van der Waals surface area contributed by atoms with Gasteiger partial charge >= 0.3 is 0 Å². The third-order valence-electron chi connectivity index (χ3n) is 1.36. The van der Waals surface area contributed by atoms with Crippen LogP contribution in [0.15, 0.2) is 6.20 Å². The van der Waals surface area contributed by atoms with Crippen LogP contribution in [0, 0.1) is 0 Å². The smallest absolute Gasteiger partial charge is 0.235 e. The summed E-state index contributed by atoms with van der Waals surface area (Å²) in [5, 5.41) is 3.96. The first-order valence-electron chi connectivity index (χ1n) is 2.82. The van der Waals surface area contributed by atoms with Crippen LogP contribution < -0.4 is 10.5 Å². The van der Waals surface area contributed by atoms with E-state index < -0.39 is 0 Å². The summed E-state index contributed by atoms with van der Waals surface area (Å²) in [7, 11) is 0. The fraction of sp³-hybridized carbons (Fsp3) is 0.400. The Bertz CT molecular complexity index is 230. The minimum absolute atomic E-state index is 0.632. The molecule has 0 atom stereocenters. The maximum absolute atomic E-state index is 5.48. The average Bonchev–Trinajstić information content (AvgIpc) is 2.35. The molecule has 1 aliphatic heterocycles. The van der Waals surface area contributed by atoms with Crippen molar-refractivity contribution in [2.75, 3.05) is 12.3 Å². The van der Waals surface area contributed by atoms with E-state index in [0.29, 0.717) is 12.3 Å². The lowest BCUT2D eigenvalue weighted by Crippen LogP contribution is -1.93. The van der Waals surface area contributed by atoms with E-state index in [1.165, 1.54) is 0 Å². The summed E-state index contributed by atoms with van der Waals surface area (Å²) in [6, 6.07) is 0. The summed E-state index contributed by atoms with van der Waals surface area (Å²) in [6.45, 7) is 1.53. The topological polar surface area (TPSA) is 53.1 Å². The summed E-state index contributed by atoms with van der Waals surface area (Å²) in [6.07, 6.45) is 1.61. The zero-order valence-corrected chi connectivity index (χ0v) is 4.87. The molecule has 0 bridgehead atoms. The largest absolute Gasteiger partial charge is 0.474 e. The van der Waals surface area contributed by atoms with Gasteiger partial charge in [-0.25, -0.2) is 4.68 Å². The van der Waals surface area contributed by atoms with Crippen LogP contribution in [-0.2, 0) is 6.54 Å². The highest BCUT2D eigenvalue weighted by Gasteiger charge is 2.14. The van der Waals surface area contributed by atoms with E-state index in [9.17, 15) is 0 Å². The molecule has 0 aromatic carbocycles. The molecule has 0 aliphatic carbocycles. The molecule has 0 radical (unpaired) electrons. The second-order valence-electron chi connectivity index (χ2n) is 1.98. The van der Waals surface area contributed by atoms with Gasteiger partial charge in [0.05, 0.1) is 12.7 Å². The number of nitrogens with two attached hydrogens (primary N) is 1. The summed E-state index contributed by atoms with van der Waals surface area (Å²) in [5.41, 5.74) is 6.12. The Balaban J connectivity index is 2.56. The zero-order chi connectivity index (χ0) is 6.27. The highest BCUT2D eigenvalue weighted by molar-refractivity contribution is 5.47. The fourth-order valence-corrected chi connectivity index (χ4v) is 0.934. The average molecular weight is 125 g/mol. The molecule has 0 fully saturated rings. The second-order valence-corrected chi connectivity index (χ2v) is 1.98. The number of nitrogens with zero attached hydrogens (tertiary/aromatic N) is 2. The lowest BCUT2D eigenvalue weighted by atomic mass is 10.6. The van der Waals surface area contributed by atoms with Crippen molar-refractivity contribution in [2.45, 2.75) is 6.54 Å². The predicted molar refractivity (Wildman–Crippen MR) is 32.1 cm³/mol. The Morgan fingerprint density at radius 1 is 1.78 bits per heavy atom. The molecule has 48 valence electrons. The Kier molecular flexibility index (Phi) is 0.726. The van der Waals surface area contributed by atoms with Gasteiger partial charge in [-0.05, 0) is 0 Å². The SMILES string of the molecule is Nc1cnn2c1OCC2. The quantitative estimate of drug-likeness (QED) is 0.525. The number of aromatic nitrogens is 2. The highest BCUT2D eigenvalue weighted by atomic mass is 16.5. The van der Waals surface area contributed by atoms with Gasteiger partial charge in [-0.1, -0.05) is 0 Å². The van der Waals surface area contributed by atoms with E-state index in [-0.39, 0.29) is 0 Å². The Morgan fingerprint density at radius 3 is 3.44 bits per heavy atom. The van der Waals surface area contributed by atoms with Crippen molar-refractivity contribution in [3.05, 3.63) is 6.20 Å². The molecule has 2 N–H and O–H groups in total. The number of hydrogen-bond acceptors (Lipinski definition) is 3. The number of ether oxygens (including phenoxy) is 1. The molecule has 2 heterocycles. The summed E-state index contributed by atoms with van der Waals surface area (Å²) in [4.78, 5) is 0. The minimum Gasteiger partial charge on any atom is -0.474 e. The van der Waals surface area contributed by atoms with Crippen molar-refractivity contribution in [3.8, 4) is 5.88 Å². The number of nitrogen functional groups attached to an aromatic ring is 1. The molecule has 4 heteroatoms. The van der Waals surface area contributed by atoms with Crippen molar-refractivity contribution >= 4 is 5.69 Å². The van der Waals surface area contributed by atoms with Gasteiger partial charge in [0.1, 0.15) is 12.3 Å². The van der Waals surface area contributed by atoms with Crippen LogP contribution in [-0.4, -0.2) is 16.4 Å². The van der Waals surface area contributed by atoms with E-state index >= 15 is 0 Å². The van der Waals surface area contributed by atoms with Crippen molar-refractivity contribution in [3.63, 3.8) is 0 Å². The van der Waals surface area contributed by atoms with Crippen LogP contribution in [0.25, 0.3) is 0 Å². The molecule has 9 heavy (non-hydrogen) atoms.